The van der Waals surface area contributed by atoms with E-state index >= 15 is 0 Å². The molecule has 1 aromatic heterocycles. The second-order valence-corrected chi connectivity index (χ2v) is 1.60. The Hall–Kier alpha value is -0.790. The molecule has 0 atom stereocenters. The monoisotopic (exact) mass is 114 g/mol. The molecule has 0 spiro atoms. The van der Waals surface area contributed by atoms with Crippen molar-refractivity contribution in [2.24, 2.45) is 0 Å². The highest BCUT2D eigenvalue weighted by Gasteiger charge is 1.98. The van der Waals surface area contributed by atoms with Crippen molar-refractivity contribution in [3.63, 3.8) is 0 Å². The zero-order chi connectivity index (χ0) is 5.98. The van der Waals surface area contributed by atoms with Gasteiger partial charge in [0.05, 0.1) is 6.26 Å². The van der Waals surface area contributed by atoms with Crippen molar-refractivity contribution >= 4 is 0 Å². The maximum Gasteiger partial charge on any atom is 0.164 e. The number of furan rings is 1. The Bertz CT molecular complexity index is 169. The van der Waals surface area contributed by atoms with Gasteiger partial charge in [-0.1, -0.05) is 6.92 Å². The molecule has 0 aromatic carbocycles. The van der Waals surface area contributed by atoms with Gasteiger partial charge in [-0.25, -0.2) is 4.39 Å². The Balaban J connectivity index is 2.92. The smallest absolute Gasteiger partial charge is 0.164 e. The third-order valence-electron chi connectivity index (χ3n) is 1.07. The van der Waals surface area contributed by atoms with Crippen LogP contribution >= 0.6 is 0 Å². The molecule has 2 heteroatoms. The predicted octanol–water partition coefficient (Wildman–Crippen LogP) is 1.98. The van der Waals surface area contributed by atoms with Gasteiger partial charge in [-0.2, -0.15) is 0 Å². The van der Waals surface area contributed by atoms with Crippen LogP contribution in [0.25, 0.3) is 0 Å². The van der Waals surface area contributed by atoms with Crippen LogP contribution in [-0.2, 0) is 6.42 Å². The van der Waals surface area contributed by atoms with Crippen molar-refractivity contribution in [3.8, 4) is 0 Å². The number of hydrogen-bond donors (Lipinski definition) is 0. The molecule has 8 heavy (non-hydrogen) atoms. The Morgan fingerprint density at radius 2 is 2.38 bits per heavy atom. The van der Waals surface area contributed by atoms with Crippen LogP contribution in [0.1, 0.15) is 12.5 Å². The molecule has 0 radical (unpaired) electrons. The zero-order valence-electron chi connectivity index (χ0n) is 4.65. The van der Waals surface area contributed by atoms with E-state index in [9.17, 15) is 4.39 Å². The van der Waals surface area contributed by atoms with Gasteiger partial charge >= 0.3 is 0 Å². The fraction of sp³-hybridized carbons (Fsp3) is 0.333. The number of rotatable bonds is 1. The van der Waals surface area contributed by atoms with E-state index in [1.807, 2.05) is 6.92 Å². The molecule has 1 aromatic rings. The normalized spacial score (nSPS) is 9.75. The van der Waals surface area contributed by atoms with Crippen LogP contribution in [0, 0.1) is 5.82 Å². The lowest BCUT2D eigenvalue weighted by molar-refractivity contribution is 0.532. The van der Waals surface area contributed by atoms with Crippen molar-refractivity contribution < 1.29 is 8.81 Å². The molecule has 44 valence electrons. The minimum Gasteiger partial charge on any atom is -0.469 e. The summed E-state index contributed by atoms with van der Waals surface area (Å²) in [5, 5.41) is 0. The Kier molecular flexibility index (Phi) is 1.33. The largest absolute Gasteiger partial charge is 0.469 e. The molecule has 0 aliphatic carbocycles. The lowest BCUT2D eigenvalue weighted by Crippen LogP contribution is -1.76. The summed E-state index contributed by atoms with van der Waals surface area (Å²) in [7, 11) is 0. The highest BCUT2D eigenvalue weighted by molar-refractivity contribution is 5.07. The predicted molar refractivity (Wildman–Crippen MR) is 28.0 cm³/mol. The van der Waals surface area contributed by atoms with Gasteiger partial charge in [0.1, 0.15) is 6.26 Å². The van der Waals surface area contributed by atoms with E-state index in [4.69, 9.17) is 0 Å². The summed E-state index contributed by atoms with van der Waals surface area (Å²) in [4.78, 5) is 0. The number of aryl methyl sites for hydroxylation is 1. The minimum absolute atomic E-state index is 0.243. The first-order valence-electron chi connectivity index (χ1n) is 2.55. The average Bonchev–Trinajstić information content (AvgIpc) is 2.14. The van der Waals surface area contributed by atoms with Crippen molar-refractivity contribution in [1.29, 1.82) is 0 Å². The fourth-order valence-corrected chi connectivity index (χ4v) is 0.560. The minimum atomic E-state index is -0.243. The summed E-state index contributed by atoms with van der Waals surface area (Å²) in [5.74, 6) is -0.243. The Morgan fingerprint density at radius 3 is 2.62 bits per heavy atom. The first kappa shape index (κ1) is 5.35. The van der Waals surface area contributed by atoms with Gasteiger partial charge in [-0.15, -0.1) is 0 Å². The fourth-order valence-electron chi connectivity index (χ4n) is 0.560. The van der Waals surface area contributed by atoms with Crippen LogP contribution in [0.3, 0.4) is 0 Å². The highest BCUT2D eigenvalue weighted by atomic mass is 19.1. The molecule has 0 aliphatic heterocycles. The van der Waals surface area contributed by atoms with Crippen molar-refractivity contribution in [1.82, 2.24) is 0 Å². The van der Waals surface area contributed by atoms with E-state index in [2.05, 4.69) is 4.42 Å². The third-order valence-corrected chi connectivity index (χ3v) is 1.07. The number of hydrogen-bond acceptors (Lipinski definition) is 1. The van der Waals surface area contributed by atoms with E-state index < -0.39 is 0 Å². The third kappa shape index (κ3) is 0.735. The van der Waals surface area contributed by atoms with E-state index in [-0.39, 0.29) is 5.82 Å². The maximum atomic E-state index is 12.3. The molecule has 0 aliphatic rings. The van der Waals surface area contributed by atoms with E-state index in [1.54, 1.807) is 0 Å². The molecule has 0 saturated heterocycles. The topological polar surface area (TPSA) is 13.1 Å². The Labute approximate surface area is 47.1 Å². The van der Waals surface area contributed by atoms with Crippen LogP contribution < -0.4 is 0 Å². The number of halogens is 1. The molecular weight excluding hydrogens is 107 g/mol. The van der Waals surface area contributed by atoms with Crippen LogP contribution in [0.2, 0.25) is 0 Å². The molecule has 0 amide bonds. The highest BCUT2D eigenvalue weighted by Crippen LogP contribution is 2.07. The van der Waals surface area contributed by atoms with Crippen molar-refractivity contribution in [3.05, 3.63) is 23.9 Å². The van der Waals surface area contributed by atoms with Gasteiger partial charge in [0, 0.05) is 5.56 Å². The summed E-state index contributed by atoms with van der Waals surface area (Å²) in [6.45, 7) is 1.88. The van der Waals surface area contributed by atoms with Gasteiger partial charge in [-0.05, 0) is 6.42 Å². The lowest BCUT2D eigenvalue weighted by atomic mass is 10.3. The van der Waals surface area contributed by atoms with Crippen molar-refractivity contribution in [2.75, 3.05) is 0 Å². The van der Waals surface area contributed by atoms with Gasteiger partial charge < -0.3 is 4.42 Å². The standard InChI is InChI=1S/C6H7FO/c1-2-5-3-8-4-6(5)7/h3-4H,2H2,1H3. The molecule has 0 bridgehead atoms. The first-order valence-corrected chi connectivity index (χ1v) is 2.55. The molecule has 1 nitrogen and oxygen atoms in total. The molecule has 0 unspecified atom stereocenters. The summed E-state index contributed by atoms with van der Waals surface area (Å²) in [6, 6.07) is 0. The molecular formula is C6H7FO. The first-order chi connectivity index (χ1) is 3.84. The molecule has 0 N–H and O–H groups in total. The summed E-state index contributed by atoms with van der Waals surface area (Å²) in [6.07, 6.45) is 3.23. The average molecular weight is 114 g/mol. The lowest BCUT2D eigenvalue weighted by Gasteiger charge is -1.81. The summed E-state index contributed by atoms with van der Waals surface area (Å²) in [5.41, 5.74) is 0.644. The van der Waals surface area contributed by atoms with Gasteiger partial charge in [0.2, 0.25) is 0 Å². The molecule has 1 rings (SSSR count). The molecule has 1 heterocycles. The second-order valence-electron chi connectivity index (χ2n) is 1.60. The van der Waals surface area contributed by atoms with Gasteiger partial charge in [0.25, 0.3) is 0 Å². The van der Waals surface area contributed by atoms with Crippen LogP contribution in [0.15, 0.2) is 16.9 Å². The van der Waals surface area contributed by atoms with Crippen LogP contribution in [-0.4, -0.2) is 0 Å². The van der Waals surface area contributed by atoms with E-state index in [0.29, 0.717) is 12.0 Å². The van der Waals surface area contributed by atoms with Crippen LogP contribution in [0.4, 0.5) is 4.39 Å². The zero-order valence-corrected chi connectivity index (χ0v) is 4.65. The maximum absolute atomic E-state index is 12.3. The van der Waals surface area contributed by atoms with E-state index in [0.717, 1.165) is 6.26 Å². The second kappa shape index (κ2) is 1.99. The van der Waals surface area contributed by atoms with E-state index in [1.165, 1.54) is 6.26 Å². The SMILES string of the molecule is CCc1cocc1F. The Morgan fingerprint density at radius 1 is 1.62 bits per heavy atom. The van der Waals surface area contributed by atoms with Gasteiger partial charge in [0.15, 0.2) is 5.82 Å². The summed E-state index contributed by atoms with van der Waals surface area (Å²) < 4.78 is 16.8. The molecule has 0 saturated carbocycles. The van der Waals surface area contributed by atoms with Crippen LogP contribution in [0.5, 0.6) is 0 Å². The molecule has 0 fully saturated rings. The van der Waals surface area contributed by atoms with Crippen molar-refractivity contribution in [2.45, 2.75) is 13.3 Å². The van der Waals surface area contributed by atoms with Gasteiger partial charge in [-0.3, -0.25) is 0 Å². The quantitative estimate of drug-likeness (QED) is 0.544. The summed E-state index contributed by atoms with van der Waals surface area (Å²) >= 11 is 0.